The molecule has 9 nitrogen and oxygen atoms in total. The Morgan fingerprint density at radius 3 is 2.54 bits per heavy atom. The SMILES string of the molecule is CCOc1ccc(-n2c(C)nnc2S[C@@H](C[N+](=O)[O-])c2cc(Br)c(OCc3ccccc3F)c(OC)c2)cc1. The van der Waals surface area contributed by atoms with Gasteiger partial charge in [-0.1, -0.05) is 30.0 Å². The van der Waals surface area contributed by atoms with Gasteiger partial charge in [-0.15, -0.1) is 10.2 Å². The summed E-state index contributed by atoms with van der Waals surface area (Å²) in [7, 11) is 1.48. The van der Waals surface area contributed by atoms with Crippen LogP contribution in [0.15, 0.2) is 70.3 Å². The van der Waals surface area contributed by atoms with Crippen molar-refractivity contribution >= 4 is 27.7 Å². The zero-order valence-electron chi connectivity index (χ0n) is 21.5. The van der Waals surface area contributed by atoms with Gasteiger partial charge in [0.1, 0.15) is 29.2 Å². The second-order valence-electron chi connectivity index (χ2n) is 8.33. The Balaban J connectivity index is 1.64. The molecular weight excluding hydrogens is 591 g/mol. The van der Waals surface area contributed by atoms with Gasteiger partial charge in [0.05, 0.1) is 18.2 Å². The van der Waals surface area contributed by atoms with Crippen LogP contribution in [0.5, 0.6) is 17.2 Å². The van der Waals surface area contributed by atoms with E-state index in [-0.39, 0.29) is 23.9 Å². The van der Waals surface area contributed by atoms with E-state index >= 15 is 0 Å². The molecular formula is C27H26BrFN4O5S. The smallest absolute Gasteiger partial charge is 0.220 e. The highest BCUT2D eigenvalue weighted by atomic mass is 79.9. The molecule has 0 aliphatic carbocycles. The lowest BCUT2D eigenvalue weighted by molar-refractivity contribution is -0.479. The van der Waals surface area contributed by atoms with Crippen LogP contribution < -0.4 is 14.2 Å². The second kappa shape index (κ2) is 12.9. The molecule has 204 valence electrons. The molecule has 0 N–H and O–H groups in total. The molecule has 3 aromatic carbocycles. The lowest BCUT2D eigenvalue weighted by Crippen LogP contribution is -2.12. The van der Waals surface area contributed by atoms with Gasteiger partial charge in [-0.05, 0) is 77.8 Å². The summed E-state index contributed by atoms with van der Waals surface area (Å²) in [6.45, 7) is 3.90. The number of nitro groups is 1. The summed E-state index contributed by atoms with van der Waals surface area (Å²) in [4.78, 5) is 11.3. The lowest BCUT2D eigenvalue weighted by Gasteiger charge is -2.18. The Morgan fingerprint density at radius 1 is 1.13 bits per heavy atom. The van der Waals surface area contributed by atoms with Crippen LogP contribution in [0.2, 0.25) is 0 Å². The fourth-order valence-electron chi connectivity index (χ4n) is 3.88. The molecule has 0 aliphatic rings. The van der Waals surface area contributed by atoms with E-state index in [4.69, 9.17) is 14.2 Å². The van der Waals surface area contributed by atoms with Gasteiger partial charge in [-0.2, -0.15) is 0 Å². The molecule has 0 saturated heterocycles. The van der Waals surface area contributed by atoms with Crippen LogP contribution in [0, 0.1) is 22.9 Å². The average Bonchev–Trinajstić information content (AvgIpc) is 3.28. The van der Waals surface area contributed by atoms with Crippen molar-refractivity contribution in [1.82, 2.24) is 14.8 Å². The third-order valence-electron chi connectivity index (χ3n) is 5.72. The van der Waals surface area contributed by atoms with Gasteiger partial charge >= 0.3 is 0 Å². The van der Waals surface area contributed by atoms with Gasteiger partial charge in [-0.3, -0.25) is 14.7 Å². The van der Waals surface area contributed by atoms with E-state index in [0.29, 0.717) is 44.7 Å². The van der Waals surface area contributed by atoms with Gasteiger partial charge in [0, 0.05) is 16.2 Å². The number of nitrogens with zero attached hydrogens (tertiary/aromatic N) is 4. The van der Waals surface area contributed by atoms with Crippen LogP contribution in [0.3, 0.4) is 0 Å². The summed E-state index contributed by atoms with van der Waals surface area (Å²) in [5.41, 5.74) is 1.82. The summed E-state index contributed by atoms with van der Waals surface area (Å²) >= 11 is 4.73. The molecule has 0 bridgehead atoms. The van der Waals surface area contributed by atoms with E-state index in [1.807, 2.05) is 42.7 Å². The van der Waals surface area contributed by atoms with Crippen LogP contribution in [-0.4, -0.2) is 39.9 Å². The summed E-state index contributed by atoms with van der Waals surface area (Å²) < 4.78 is 33.4. The number of ether oxygens (including phenoxy) is 3. The largest absolute Gasteiger partial charge is 0.494 e. The Morgan fingerprint density at radius 2 is 1.87 bits per heavy atom. The Bertz CT molecular complexity index is 1450. The summed E-state index contributed by atoms with van der Waals surface area (Å²) in [5, 5.41) is 20.0. The number of thioether (sulfide) groups is 1. The molecule has 39 heavy (non-hydrogen) atoms. The standard InChI is InChI=1S/C27H26BrFN4O5S/c1-4-37-21-11-9-20(10-12-21)33-17(2)30-31-27(33)39-25(15-32(34)35)19-13-22(28)26(24(14-19)36-3)38-16-18-7-5-6-8-23(18)29/h5-14,25H,4,15-16H2,1-3H3/t25-/m0/s1. The molecule has 1 aromatic heterocycles. The molecule has 1 heterocycles. The van der Waals surface area contributed by atoms with Gasteiger partial charge in [0.2, 0.25) is 6.54 Å². The molecule has 0 saturated carbocycles. The lowest BCUT2D eigenvalue weighted by atomic mass is 10.1. The zero-order chi connectivity index (χ0) is 27.9. The third kappa shape index (κ3) is 6.87. The number of rotatable bonds is 12. The first-order chi connectivity index (χ1) is 18.8. The Kier molecular flexibility index (Phi) is 9.41. The van der Waals surface area contributed by atoms with Crippen molar-refractivity contribution in [2.24, 2.45) is 0 Å². The summed E-state index contributed by atoms with van der Waals surface area (Å²) in [6, 6.07) is 17.2. The first kappa shape index (κ1) is 28.4. The topological polar surface area (TPSA) is 102 Å². The molecule has 0 fully saturated rings. The van der Waals surface area contributed by atoms with Gasteiger partial charge in [-0.25, -0.2) is 4.39 Å². The quantitative estimate of drug-likeness (QED) is 0.1000. The van der Waals surface area contributed by atoms with Gasteiger partial charge < -0.3 is 14.2 Å². The van der Waals surface area contributed by atoms with E-state index in [1.54, 1.807) is 30.3 Å². The van der Waals surface area contributed by atoms with E-state index in [1.165, 1.54) is 24.9 Å². The fraction of sp³-hybridized carbons (Fsp3) is 0.259. The number of hydrogen-bond donors (Lipinski definition) is 0. The zero-order valence-corrected chi connectivity index (χ0v) is 23.9. The highest BCUT2D eigenvalue weighted by Crippen LogP contribution is 2.43. The van der Waals surface area contributed by atoms with Crippen LogP contribution in [0.4, 0.5) is 4.39 Å². The minimum atomic E-state index is -0.629. The first-order valence-electron chi connectivity index (χ1n) is 12.0. The molecule has 0 unspecified atom stereocenters. The van der Waals surface area contributed by atoms with Crippen molar-refractivity contribution in [3.05, 3.63) is 98.0 Å². The van der Waals surface area contributed by atoms with Gasteiger partial charge in [0.25, 0.3) is 0 Å². The normalized spacial score (nSPS) is 11.7. The van der Waals surface area contributed by atoms with Crippen LogP contribution >= 0.6 is 27.7 Å². The second-order valence-corrected chi connectivity index (χ2v) is 10.4. The number of methoxy groups -OCH3 is 1. The molecule has 0 aliphatic heterocycles. The minimum absolute atomic E-state index is 0.0154. The van der Waals surface area contributed by atoms with Crippen LogP contribution in [-0.2, 0) is 6.61 Å². The van der Waals surface area contributed by atoms with Crippen molar-refractivity contribution in [1.29, 1.82) is 0 Å². The highest BCUT2D eigenvalue weighted by Gasteiger charge is 2.26. The molecule has 12 heteroatoms. The monoisotopic (exact) mass is 616 g/mol. The number of aryl methyl sites for hydroxylation is 1. The highest BCUT2D eigenvalue weighted by molar-refractivity contribution is 9.10. The molecule has 4 rings (SSSR count). The van der Waals surface area contributed by atoms with Gasteiger partial charge in [0.15, 0.2) is 16.7 Å². The number of halogens is 2. The third-order valence-corrected chi connectivity index (χ3v) is 7.49. The van der Waals surface area contributed by atoms with Crippen molar-refractivity contribution in [2.45, 2.75) is 30.9 Å². The molecule has 1 atom stereocenters. The fourth-order valence-corrected chi connectivity index (χ4v) is 5.61. The minimum Gasteiger partial charge on any atom is -0.494 e. The Hall–Kier alpha value is -3.64. The molecule has 0 radical (unpaired) electrons. The summed E-state index contributed by atoms with van der Waals surface area (Å²) in [5.74, 6) is 1.72. The number of aromatic nitrogens is 3. The maximum Gasteiger partial charge on any atom is 0.220 e. The first-order valence-corrected chi connectivity index (χ1v) is 13.6. The van der Waals surface area contributed by atoms with Crippen molar-refractivity contribution in [2.75, 3.05) is 20.3 Å². The molecule has 0 spiro atoms. The van der Waals surface area contributed by atoms with Crippen LogP contribution in [0.25, 0.3) is 5.69 Å². The van der Waals surface area contributed by atoms with E-state index in [2.05, 4.69) is 26.1 Å². The van der Waals surface area contributed by atoms with Crippen LogP contribution in [0.1, 0.15) is 29.1 Å². The van der Waals surface area contributed by atoms with E-state index < -0.39 is 5.25 Å². The maximum absolute atomic E-state index is 14.1. The molecule has 0 amide bonds. The number of hydrogen-bond acceptors (Lipinski definition) is 8. The van der Waals surface area contributed by atoms with Crippen molar-refractivity contribution in [3.8, 4) is 22.9 Å². The predicted octanol–water partition coefficient (Wildman–Crippen LogP) is 6.57. The molecule has 4 aromatic rings. The summed E-state index contributed by atoms with van der Waals surface area (Å²) in [6.07, 6.45) is 0. The predicted molar refractivity (Wildman–Crippen MR) is 149 cm³/mol. The van der Waals surface area contributed by atoms with E-state index in [9.17, 15) is 14.5 Å². The van der Waals surface area contributed by atoms with Crippen molar-refractivity contribution in [3.63, 3.8) is 0 Å². The van der Waals surface area contributed by atoms with E-state index in [0.717, 1.165) is 11.4 Å². The maximum atomic E-state index is 14.1. The van der Waals surface area contributed by atoms with Crippen molar-refractivity contribution < 1.29 is 23.5 Å². The number of benzene rings is 3. The average molecular weight is 617 g/mol. The Labute approximate surface area is 237 Å².